The molecule has 1 fully saturated rings. The largest absolute Gasteiger partial charge is 0.375 e. The summed E-state index contributed by atoms with van der Waals surface area (Å²) in [5, 5.41) is 7.29. The van der Waals surface area contributed by atoms with E-state index in [0.29, 0.717) is 15.8 Å². The Kier molecular flexibility index (Phi) is 7.94. The highest BCUT2D eigenvalue weighted by molar-refractivity contribution is 7.80. The van der Waals surface area contributed by atoms with Crippen molar-refractivity contribution in [2.45, 2.75) is 39.8 Å². The number of nitrogens with zero attached hydrogens (tertiary/aromatic N) is 3. The number of nitrogens with one attached hydrogen (secondary N) is 2. The number of aromatic nitrogens is 2. The number of amides is 1. The molecule has 3 heterocycles. The van der Waals surface area contributed by atoms with Crippen LogP contribution in [0.2, 0.25) is 5.02 Å². The average molecular weight is 574 g/mol. The Labute approximate surface area is 245 Å². The summed E-state index contributed by atoms with van der Waals surface area (Å²) in [6.07, 6.45) is 1.80. The number of hydrogen-bond donors (Lipinski definition) is 2. The predicted octanol–water partition coefficient (Wildman–Crippen LogP) is 6.52. The first-order valence-electron chi connectivity index (χ1n) is 13.0. The minimum absolute atomic E-state index is 0.0535. The van der Waals surface area contributed by atoms with Crippen molar-refractivity contribution in [3.63, 3.8) is 0 Å². The van der Waals surface area contributed by atoms with Crippen LogP contribution >= 0.6 is 23.8 Å². The van der Waals surface area contributed by atoms with E-state index in [1.54, 1.807) is 12.3 Å². The monoisotopic (exact) mass is 573 g/mol. The van der Waals surface area contributed by atoms with Crippen LogP contribution in [0, 0.1) is 27.7 Å². The van der Waals surface area contributed by atoms with Gasteiger partial charge in [0.2, 0.25) is 5.91 Å². The lowest BCUT2D eigenvalue weighted by Gasteiger charge is -2.28. The number of hydrogen-bond acceptors (Lipinski definition) is 4. The number of rotatable bonds is 7. The van der Waals surface area contributed by atoms with E-state index in [1.165, 1.54) is 18.2 Å². The highest BCUT2D eigenvalue weighted by Crippen LogP contribution is 2.45. The van der Waals surface area contributed by atoms with Gasteiger partial charge >= 0.3 is 0 Å². The van der Waals surface area contributed by atoms with Gasteiger partial charge in [-0.15, -0.1) is 0 Å². The van der Waals surface area contributed by atoms with E-state index in [4.69, 9.17) is 28.6 Å². The smallest absolute Gasteiger partial charge is 0.250 e. The Morgan fingerprint density at radius 2 is 1.90 bits per heavy atom. The van der Waals surface area contributed by atoms with Crippen LogP contribution in [0.5, 0.6) is 0 Å². The maximum atomic E-state index is 12.1. The molecule has 0 bridgehead atoms. The summed E-state index contributed by atoms with van der Waals surface area (Å²) in [5.41, 5.74) is 9.18. The molecule has 2 atom stereocenters. The number of aryl methyl sites for hydroxylation is 3. The predicted molar refractivity (Wildman–Crippen MR) is 165 cm³/mol. The number of halogens is 1. The second kappa shape index (κ2) is 11.4. The molecule has 1 saturated heterocycles. The Morgan fingerprint density at radius 3 is 2.60 bits per heavy atom. The Balaban J connectivity index is 1.63. The topological polar surface area (TPSA) is 71.4 Å². The number of carbonyl (C=O) groups is 1. The van der Waals surface area contributed by atoms with E-state index in [-0.39, 0.29) is 24.6 Å². The molecule has 9 heteroatoms. The van der Waals surface area contributed by atoms with Gasteiger partial charge in [-0.3, -0.25) is 9.78 Å². The van der Waals surface area contributed by atoms with Gasteiger partial charge in [0.25, 0.3) is 0 Å². The summed E-state index contributed by atoms with van der Waals surface area (Å²) in [6, 6.07) is 19.8. The van der Waals surface area contributed by atoms with E-state index in [0.717, 1.165) is 34.0 Å². The zero-order valence-corrected chi connectivity index (χ0v) is 24.7. The van der Waals surface area contributed by atoms with Gasteiger partial charge in [0.15, 0.2) is 5.11 Å². The van der Waals surface area contributed by atoms with Crippen molar-refractivity contribution in [2.24, 2.45) is 0 Å². The summed E-state index contributed by atoms with van der Waals surface area (Å²) in [7, 11) is 1.47. The lowest BCUT2D eigenvalue weighted by atomic mass is 9.96. The highest BCUT2D eigenvalue weighted by atomic mass is 35.5. The Bertz CT molecular complexity index is 1590. The number of methoxy groups -OCH3 is 1. The van der Waals surface area contributed by atoms with E-state index in [2.05, 4.69) is 77.0 Å². The molecule has 0 spiro atoms. The van der Waals surface area contributed by atoms with Gasteiger partial charge in [0, 0.05) is 36.1 Å². The van der Waals surface area contributed by atoms with Gasteiger partial charge in [-0.2, -0.15) is 0 Å². The number of pyridine rings is 1. The highest BCUT2D eigenvalue weighted by Gasteiger charge is 2.42. The van der Waals surface area contributed by atoms with E-state index in [9.17, 15) is 4.79 Å². The first-order chi connectivity index (χ1) is 19.2. The maximum absolute atomic E-state index is 12.1. The molecule has 2 aromatic heterocycles. The van der Waals surface area contributed by atoms with Gasteiger partial charge in [0.05, 0.1) is 28.5 Å². The fraction of sp³-hybridized carbons (Fsp3) is 0.258. The molecule has 4 aromatic rings. The second-order valence-electron chi connectivity index (χ2n) is 10.1. The molecule has 1 aliphatic rings. The van der Waals surface area contributed by atoms with Crippen LogP contribution in [0.3, 0.4) is 0 Å². The summed E-state index contributed by atoms with van der Waals surface area (Å²) >= 11 is 12.6. The van der Waals surface area contributed by atoms with Crippen LogP contribution in [0.25, 0.3) is 5.69 Å². The standard InChI is InChI=1S/C31H32ClN5O2S/c1-18-9-10-19(2)27(14-18)36-20(3)15-23(21(36)4)30-29(26-8-6-7-13-33-26)35-31(40)37(30)22-11-12-25(24(32)16-22)34-28(38)17-39-5/h6-16,29-30H,17H2,1-5H3,(H,34,38)(H,35,40)/t29-,30+/m1/s1. The fourth-order valence-corrected chi connectivity index (χ4v) is 6.01. The molecule has 2 N–H and O–H groups in total. The number of carbonyl (C=O) groups excluding carboxylic acids is 1. The van der Waals surface area contributed by atoms with E-state index >= 15 is 0 Å². The van der Waals surface area contributed by atoms with Gasteiger partial charge in [-0.25, -0.2) is 0 Å². The molecule has 0 radical (unpaired) electrons. The molecule has 5 rings (SSSR count). The van der Waals surface area contributed by atoms with Gasteiger partial charge < -0.3 is 24.8 Å². The molecule has 7 nitrogen and oxygen atoms in total. The van der Waals surface area contributed by atoms with Crippen LogP contribution in [0.15, 0.2) is 66.9 Å². The van der Waals surface area contributed by atoms with Crippen molar-refractivity contribution in [2.75, 3.05) is 23.9 Å². The van der Waals surface area contributed by atoms with Crippen molar-refractivity contribution in [3.05, 3.63) is 106 Å². The summed E-state index contributed by atoms with van der Waals surface area (Å²) in [6.45, 7) is 8.48. The molecule has 206 valence electrons. The normalized spacial score (nSPS) is 16.8. The van der Waals surface area contributed by atoms with Crippen molar-refractivity contribution in [1.82, 2.24) is 14.9 Å². The number of thiocarbonyl (C=S) groups is 1. The quantitative estimate of drug-likeness (QED) is 0.245. The second-order valence-corrected chi connectivity index (χ2v) is 10.9. The lowest BCUT2D eigenvalue weighted by molar-refractivity contribution is -0.119. The van der Waals surface area contributed by atoms with Crippen molar-refractivity contribution in [1.29, 1.82) is 0 Å². The van der Waals surface area contributed by atoms with E-state index in [1.807, 2.05) is 30.3 Å². The minimum atomic E-state index is -0.275. The summed E-state index contributed by atoms with van der Waals surface area (Å²) < 4.78 is 7.24. The zero-order valence-electron chi connectivity index (χ0n) is 23.2. The SMILES string of the molecule is COCC(=O)Nc1ccc(N2C(=S)N[C@H](c3ccccn3)[C@@H]2c2cc(C)n(-c3cc(C)ccc3C)c2C)cc1Cl. The van der Waals surface area contributed by atoms with Crippen LogP contribution in [0.4, 0.5) is 11.4 Å². The van der Waals surface area contributed by atoms with Crippen LogP contribution < -0.4 is 15.5 Å². The molecular weight excluding hydrogens is 542 g/mol. The summed E-state index contributed by atoms with van der Waals surface area (Å²) in [5.74, 6) is -0.275. The van der Waals surface area contributed by atoms with Crippen molar-refractivity contribution >= 4 is 46.2 Å². The summed E-state index contributed by atoms with van der Waals surface area (Å²) in [4.78, 5) is 18.9. The van der Waals surface area contributed by atoms with Gasteiger partial charge in [0.1, 0.15) is 6.61 Å². The van der Waals surface area contributed by atoms with Crippen molar-refractivity contribution < 1.29 is 9.53 Å². The molecule has 40 heavy (non-hydrogen) atoms. The molecule has 2 aromatic carbocycles. The molecular formula is C31H32ClN5O2S. The fourth-order valence-electron chi connectivity index (χ4n) is 5.44. The third-order valence-electron chi connectivity index (χ3n) is 7.27. The zero-order chi connectivity index (χ0) is 28.6. The molecule has 0 unspecified atom stereocenters. The molecule has 0 aliphatic carbocycles. The molecule has 0 saturated carbocycles. The third-order valence-corrected chi connectivity index (χ3v) is 7.90. The van der Waals surface area contributed by atoms with Crippen LogP contribution in [-0.2, 0) is 9.53 Å². The number of benzene rings is 2. The van der Waals surface area contributed by atoms with Crippen molar-refractivity contribution in [3.8, 4) is 5.69 Å². The molecule has 1 amide bonds. The maximum Gasteiger partial charge on any atom is 0.250 e. The molecule has 1 aliphatic heterocycles. The first kappa shape index (κ1) is 27.8. The van der Waals surface area contributed by atoms with Crippen LogP contribution in [-0.4, -0.2) is 34.3 Å². The number of ether oxygens (including phenoxy) is 1. The van der Waals surface area contributed by atoms with Gasteiger partial charge in [-0.05, 0) is 99.1 Å². The van der Waals surface area contributed by atoms with Crippen LogP contribution in [0.1, 0.15) is 45.9 Å². The van der Waals surface area contributed by atoms with E-state index < -0.39 is 0 Å². The first-order valence-corrected chi connectivity index (χ1v) is 13.8. The Hall–Kier alpha value is -3.72. The van der Waals surface area contributed by atoms with Gasteiger partial charge in [-0.1, -0.05) is 29.8 Å². The average Bonchev–Trinajstić information content (AvgIpc) is 3.42. The Morgan fingerprint density at radius 1 is 1.10 bits per heavy atom. The minimum Gasteiger partial charge on any atom is -0.375 e. The lowest BCUT2D eigenvalue weighted by Crippen LogP contribution is -2.29. The third kappa shape index (κ3) is 5.22. The number of anilines is 2.